The minimum Gasteiger partial charge on any atom is -0.493 e. The Bertz CT molecular complexity index is 1500. The van der Waals surface area contributed by atoms with Crippen molar-refractivity contribution in [3.63, 3.8) is 0 Å². The Morgan fingerprint density at radius 2 is 1.78 bits per heavy atom. The van der Waals surface area contributed by atoms with Gasteiger partial charge in [-0.25, -0.2) is 14.6 Å². The first-order valence-corrected chi connectivity index (χ1v) is 13.4. The van der Waals surface area contributed by atoms with Gasteiger partial charge in [0.25, 0.3) is 0 Å². The molecule has 7 saturated carbocycles. The van der Waals surface area contributed by atoms with E-state index in [0.717, 1.165) is 65.3 Å². The zero-order chi connectivity index (χ0) is 24.3. The predicted molar refractivity (Wildman–Crippen MR) is 128 cm³/mol. The number of aromatic nitrogens is 6. The highest BCUT2D eigenvalue weighted by molar-refractivity contribution is 5.65. The van der Waals surface area contributed by atoms with Crippen LogP contribution in [0.4, 0.5) is 0 Å². The molecule has 3 heterocycles. The maximum Gasteiger partial charge on any atom is 0.163 e. The van der Waals surface area contributed by atoms with Crippen LogP contribution in [0, 0.1) is 78.9 Å². The molecule has 0 amide bonds. The molecule has 0 aliphatic heterocycles. The molecule has 7 fully saturated rings. The summed E-state index contributed by atoms with van der Waals surface area (Å²) in [6, 6.07) is 4.78. The van der Waals surface area contributed by atoms with Gasteiger partial charge in [-0.15, -0.1) is 0 Å². The van der Waals surface area contributed by atoms with E-state index in [9.17, 15) is 5.26 Å². The van der Waals surface area contributed by atoms with E-state index in [0.29, 0.717) is 23.2 Å². The third kappa shape index (κ3) is 1.75. The van der Waals surface area contributed by atoms with Crippen LogP contribution in [0.25, 0.3) is 5.82 Å². The van der Waals surface area contributed by atoms with E-state index >= 15 is 0 Å². The van der Waals surface area contributed by atoms with Crippen LogP contribution in [0.3, 0.4) is 0 Å². The quantitative estimate of drug-likeness (QED) is 0.516. The lowest BCUT2D eigenvalue weighted by atomic mass is 8.92. The molecule has 0 saturated heterocycles. The van der Waals surface area contributed by atoms with E-state index in [1.165, 1.54) is 29.8 Å². The van der Waals surface area contributed by atoms with Crippen molar-refractivity contribution in [2.24, 2.45) is 46.8 Å². The van der Waals surface area contributed by atoms with E-state index in [1.807, 2.05) is 24.6 Å². The van der Waals surface area contributed by atoms with E-state index in [2.05, 4.69) is 32.7 Å². The number of rotatable bonds is 7. The van der Waals surface area contributed by atoms with E-state index in [-0.39, 0.29) is 5.41 Å². The van der Waals surface area contributed by atoms with E-state index < -0.39 is 0 Å². The Balaban J connectivity index is 1.08. The Labute approximate surface area is 209 Å². The Kier molecular flexibility index (Phi) is 3.24. The summed E-state index contributed by atoms with van der Waals surface area (Å²) in [5, 5.41) is 19.8. The molecule has 0 unspecified atom stereocenters. The van der Waals surface area contributed by atoms with Crippen molar-refractivity contribution >= 4 is 0 Å². The second-order valence-electron chi connectivity index (χ2n) is 12.3. The summed E-state index contributed by atoms with van der Waals surface area (Å²) in [5.41, 5.74) is 7.21. The van der Waals surface area contributed by atoms with E-state index in [4.69, 9.17) is 9.84 Å². The number of aryl methyl sites for hydroxylation is 1. The molecule has 3 aromatic heterocycles. The van der Waals surface area contributed by atoms with Gasteiger partial charge in [0, 0.05) is 30.1 Å². The summed E-state index contributed by atoms with van der Waals surface area (Å²) < 4.78 is 9.69. The van der Waals surface area contributed by atoms with Crippen LogP contribution in [-0.2, 0) is 18.4 Å². The molecular formula is C28H29N7O. The molecule has 7 aliphatic carbocycles. The van der Waals surface area contributed by atoms with Crippen molar-refractivity contribution in [3.8, 4) is 17.6 Å². The third-order valence-electron chi connectivity index (χ3n) is 11.4. The smallest absolute Gasteiger partial charge is 0.163 e. The lowest BCUT2D eigenvalue weighted by molar-refractivity contribution is -0.611. The summed E-state index contributed by atoms with van der Waals surface area (Å²) >= 11 is 0. The molecule has 0 radical (unpaired) electrons. The molecule has 7 aliphatic rings. The van der Waals surface area contributed by atoms with Gasteiger partial charge in [-0.05, 0) is 80.6 Å². The molecule has 8 nitrogen and oxygen atoms in total. The number of methoxy groups -OCH3 is 1. The average Bonchev–Trinajstić information content (AvgIpc) is 3.60. The SMILES string of the molecule is COc1c(C)nn(-c2cc(Cc3c(C)c(C45C6C7C4C4C5C6C74C#N)nn3CC3CC3)ncn2)c1C. The van der Waals surface area contributed by atoms with Gasteiger partial charge in [-0.3, -0.25) is 4.68 Å². The number of hydrogen-bond donors (Lipinski definition) is 0. The molecule has 0 bridgehead atoms. The van der Waals surface area contributed by atoms with Crippen molar-refractivity contribution in [3.05, 3.63) is 46.4 Å². The zero-order valence-corrected chi connectivity index (χ0v) is 21.1. The summed E-state index contributed by atoms with van der Waals surface area (Å²) in [4.78, 5) is 9.18. The van der Waals surface area contributed by atoms with Crippen molar-refractivity contribution in [1.29, 1.82) is 5.26 Å². The fraction of sp³-hybridized carbons (Fsp3) is 0.607. The minimum absolute atomic E-state index is 0.0953. The molecule has 8 heteroatoms. The third-order valence-corrected chi connectivity index (χ3v) is 11.4. The van der Waals surface area contributed by atoms with Gasteiger partial charge < -0.3 is 4.74 Å². The van der Waals surface area contributed by atoms with Crippen LogP contribution in [0.2, 0.25) is 0 Å². The molecule has 36 heavy (non-hydrogen) atoms. The fourth-order valence-corrected chi connectivity index (χ4v) is 10.1. The fourth-order valence-electron chi connectivity index (χ4n) is 10.1. The standard InChI is InChI=1S/C28H29N7O/c1-12-17(7-16-8-18(31-11-30-16)35-14(3)25(36-4)13(2)32-35)34(9-15-5-6-15)33-26(12)28-22-19-23(28)21-24(28)20(22)27(19,21)10-29/h8,11,15,19-24H,5-7,9H2,1-4H3. The molecular weight excluding hydrogens is 450 g/mol. The molecule has 182 valence electrons. The van der Waals surface area contributed by atoms with Crippen LogP contribution in [0.15, 0.2) is 12.4 Å². The van der Waals surface area contributed by atoms with Crippen molar-refractivity contribution in [2.45, 2.75) is 52.0 Å². The molecule has 10 rings (SSSR count). The Morgan fingerprint density at radius 3 is 2.39 bits per heavy atom. The maximum absolute atomic E-state index is 9.80. The van der Waals surface area contributed by atoms with Gasteiger partial charge in [-0.1, -0.05) is 0 Å². The second kappa shape index (κ2) is 5.85. The summed E-state index contributed by atoms with van der Waals surface area (Å²) in [6.45, 7) is 7.25. The topological polar surface area (TPSA) is 94.4 Å². The highest BCUT2D eigenvalue weighted by atomic mass is 16.5. The number of nitrogens with zero attached hydrogens (tertiary/aromatic N) is 7. The largest absolute Gasteiger partial charge is 0.493 e. The van der Waals surface area contributed by atoms with Gasteiger partial charge in [-0.2, -0.15) is 15.5 Å². The van der Waals surface area contributed by atoms with Crippen molar-refractivity contribution in [2.75, 3.05) is 7.11 Å². The molecule has 0 N–H and O–H groups in total. The molecule has 0 aromatic carbocycles. The lowest BCUT2D eigenvalue weighted by Crippen LogP contribution is -3.11. The predicted octanol–water partition coefficient (Wildman–Crippen LogP) is 3.31. The van der Waals surface area contributed by atoms with Crippen LogP contribution < -0.4 is 4.74 Å². The highest BCUT2D eigenvalue weighted by Gasteiger charge is 3.11. The number of ether oxygens (including phenoxy) is 1. The van der Waals surface area contributed by atoms with Crippen LogP contribution >= 0.6 is 0 Å². The lowest BCUT2D eigenvalue weighted by Gasteiger charge is -3.09. The second-order valence-corrected chi connectivity index (χ2v) is 12.3. The number of nitriles is 1. The van der Waals surface area contributed by atoms with E-state index in [1.54, 1.807) is 13.4 Å². The van der Waals surface area contributed by atoms with Crippen molar-refractivity contribution < 1.29 is 4.74 Å². The monoisotopic (exact) mass is 479 g/mol. The zero-order valence-electron chi connectivity index (χ0n) is 21.1. The van der Waals surface area contributed by atoms with Gasteiger partial charge >= 0.3 is 0 Å². The highest BCUT2D eigenvalue weighted by Crippen LogP contribution is 3.09. The maximum atomic E-state index is 9.80. The van der Waals surface area contributed by atoms with Crippen LogP contribution in [-0.4, -0.2) is 36.6 Å². The number of hydrogen-bond acceptors (Lipinski definition) is 6. The first-order valence-electron chi connectivity index (χ1n) is 13.4. The molecule has 0 spiro atoms. The van der Waals surface area contributed by atoms with Crippen molar-refractivity contribution in [1.82, 2.24) is 29.5 Å². The van der Waals surface area contributed by atoms with Gasteiger partial charge in [0.1, 0.15) is 12.0 Å². The molecule has 0 atom stereocenters. The normalized spacial score (nSPS) is 39.2. The first kappa shape index (κ1) is 19.9. The van der Waals surface area contributed by atoms with Gasteiger partial charge in [0.2, 0.25) is 0 Å². The summed E-state index contributed by atoms with van der Waals surface area (Å²) in [6.07, 6.45) is 5.00. The average molecular weight is 480 g/mol. The minimum atomic E-state index is 0.0953. The Morgan fingerprint density at radius 1 is 1.06 bits per heavy atom. The Hall–Kier alpha value is -3.21. The summed E-state index contributed by atoms with van der Waals surface area (Å²) in [7, 11) is 1.68. The molecule has 3 aromatic rings. The van der Waals surface area contributed by atoms with Gasteiger partial charge in [0.05, 0.1) is 35.7 Å². The van der Waals surface area contributed by atoms with Crippen LogP contribution in [0.1, 0.15) is 46.9 Å². The summed E-state index contributed by atoms with van der Waals surface area (Å²) in [5.74, 6) is 6.56. The van der Waals surface area contributed by atoms with Crippen LogP contribution in [0.5, 0.6) is 5.75 Å². The first-order chi connectivity index (χ1) is 17.5. The van der Waals surface area contributed by atoms with Gasteiger partial charge in [0.15, 0.2) is 11.6 Å².